The average Bonchev–Trinajstić information content (AvgIpc) is 3.42. The van der Waals surface area contributed by atoms with E-state index in [1.54, 1.807) is 0 Å². The maximum absolute atomic E-state index is 5.31. The van der Waals surface area contributed by atoms with Crippen molar-refractivity contribution in [2.24, 2.45) is 0 Å². The number of hydrogen-bond donors (Lipinski definition) is 0. The summed E-state index contributed by atoms with van der Waals surface area (Å²) in [4.78, 5) is 10.4. The van der Waals surface area contributed by atoms with Crippen LogP contribution in [0.25, 0.3) is 75.1 Å². The van der Waals surface area contributed by atoms with E-state index in [0.717, 1.165) is 33.1 Å². The Morgan fingerprint density at radius 3 is 1.88 bits per heavy atom. The average molecular weight is 573 g/mol. The summed E-state index contributed by atoms with van der Waals surface area (Å²) in [6.07, 6.45) is 1.95. The highest BCUT2D eigenvalue weighted by molar-refractivity contribution is 7.25. The van der Waals surface area contributed by atoms with Crippen LogP contribution in [0.1, 0.15) is 50.7 Å². The summed E-state index contributed by atoms with van der Waals surface area (Å²) >= 11 is 1.85. The summed E-state index contributed by atoms with van der Waals surface area (Å²) in [7, 11) is 0. The molecule has 6 aromatic carbocycles. The predicted octanol–water partition coefficient (Wildman–Crippen LogP) is 11.9. The number of rotatable bonds is 4. The molecule has 0 fully saturated rings. The Morgan fingerprint density at radius 2 is 1.14 bits per heavy atom. The summed E-state index contributed by atoms with van der Waals surface area (Å²) in [5, 5.41) is 7.48. The summed E-state index contributed by atoms with van der Waals surface area (Å²) in [6.45, 7) is 9.02. The first-order valence-corrected chi connectivity index (χ1v) is 15.9. The van der Waals surface area contributed by atoms with E-state index in [2.05, 4.69) is 131 Å². The van der Waals surface area contributed by atoms with Gasteiger partial charge in [0.25, 0.3) is 0 Å². The quantitative estimate of drug-likeness (QED) is 0.196. The first-order valence-electron chi connectivity index (χ1n) is 15.1. The molecule has 2 heterocycles. The number of hydrogen-bond acceptors (Lipinski definition) is 3. The van der Waals surface area contributed by atoms with Crippen molar-refractivity contribution < 1.29 is 0 Å². The lowest BCUT2D eigenvalue weighted by molar-refractivity contribution is 0.868. The minimum Gasteiger partial charge on any atom is -0.252 e. The van der Waals surface area contributed by atoms with E-state index in [-0.39, 0.29) is 0 Å². The standard InChI is InChI=1S/C40H32N2S/c1-23(2)25-12-15-31-33(19-25)34-20-26(24(3)4)13-16-32(34)40-39(31)41-22-36(42-40)29-9-7-8-27(18-29)28-14-17-38-35(21-28)30-10-5-6-11-37(30)43-38/h5-24H,1-4H3. The third-order valence-corrected chi connectivity index (χ3v) is 10.0. The van der Waals surface area contributed by atoms with Gasteiger partial charge in [-0.25, -0.2) is 4.98 Å². The van der Waals surface area contributed by atoms with Crippen LogP contribution in [-0.2, 0) is 0 Å². The van der Waals surface area contributed by atoms with Crippen molar-refractivity contribution in [3.63, 3.8) is 0 Å². The van der Waals surface area contributed by atoms with Gasteiger partial charge in [-0.3, -0.25) is 4.98 Å². The van der Waals surface area contributed by atoms with Crippen molar-refractivity contribution in [2.75, 3.05) is 0 Å². The van der Waals surface area contributed by atoms with Gasteiger partial charge in [0, 0.05) is 36.5 Å². The molecule has 0 bridgehead atoms. The topological polar surface area (TPSA) is 25.8 Å². The number of aromatic nitrogens is 2. The SMILES string of the molecule is CC(C)c1ccc2c(c1)c1cc(C(C)C)ccc1c1nc(-c3cccc(-c4ccc5sc6ccccc6c5c4)c3)cnc21. The fourth-order valence-corrected chi connectivity index (χ4v) is 7.46. The van der Waals surface area contributed by atoms with Crippen LogP contribution in [0.15, 0.2) is 109 Å². The van der Waals surface area contributed by atoms with Crippen molar-refractivity contribution in [2.45, 2.75) is 39.5 Å². The van der Waals surface area contributed by atoms with Gasteiger partial charge in [0.1, 0.15) is 0 Å². The third-order valence-electron chi connectivity index (χ3n) is 8.86. The van der Waals surface area contributed by atoms with Crippen LogP contribution in [0.5, 0.6) is 0 Å². The molecule has 0 saturated heterocycles. The molecule has 2 aromatic heterocycles. The second-order valence-corrected chi connectivity index (χ2v) is 13.3. The van der Waals surface area contributed by atoms with Crippen LogP contribution < -0.4 is 0 Å². The summed E-state index contributed by atoms with van der Waals surface area (Å²) in [6, 6.07) is 37.9. The summed E-state index contributed by atoms with van der Waals surface area (Å²) in [5.74, 6) is 0.915. The monoisotopic (exact) mass is 572 g/mol. The Labute approximate surface area is 255 Å². The van der Waals surface area contributed by atoms with E-state index in [4.69, 9.17) is 9.97 Å². The fraction of sp³-hybridized carbons (Fsp3) is 0.150. The zero-order valence-electron chi connectivity index (χ0n) is 24.8. The molecule has 0 aliphatic heterocycles. The van der Waals surface area contributed by atoms with Crippen molar-refractivity contribution in [1.29, 1.82) is 0 Å². The predicted molar refractivity (Wildman–Crippen MR) is 186 cm³/mol. The van der Waals surface area contributed by atoms with E-state index >= 15 is 0 Å². The molecule has 0 spiro atoms. The van der Waals surface area contributed by atoms with Gasteiger partial charge >= 0.3 is 0 Å². The van der Waals surface area contributed by atoms with Crippen molar-refractivity contribution in [3.05, 3.63) is 120 Å². The van der Waals surface area contributed by atoms with Gasteiger partial charge in [-0.2, -0.15) is 0 Å². The molecule has 3 heteroatoms. The Balaban J connectivity index is 1.31. The van der Waals surface area contributed by atoms with Gasteiger partial charge in [0.15, 0.2) is 0 Å². The molecular weight excluding hydrogens is 541 g/mol. The molecule has 208 valence electrons. The van der Waals surface area contributed by atoms with E-state index in [9.17, 15) is 0 Å². The molecule has 2 nitrogen and oxygen atoms in total. The van der Waals surface area contributed by atoms with Gasteiger partial charge in [-0.15, -0.1) is 11.3 Å². The number of thiophene rings is 1. The second-order valence-electron chi connectivity index (χ2n) is 12.3. The van der Waals surface area contributed by atoms with Crippen molar-refractivity contribution in [1.82, 2.24) is 9.97 Å². The van der Waals surface area contributed by atoms with E-state index in [1.807, 2.05) is 17.5 Å². The van der Waals surface area contributed by atoms with Crippen LogP contribution in [0.3, 0.4) is 0 Å². The van der Waals surface area contributed by atoms with Gasteiger partial charge in [0.2, 0.25) is 0 Å². The molecule has 0 saturated carbocycles. The molecule has 0 unspecified atom stereocenters. The van der Waals surface area contributed by atoms with E-state index in [0.29, 0.717) is 11.8 Å². The maximum atomic E-state index is 5.31. The largest absolute Gasteiger partial charge is 0.252 e. The van der Waals surface area contributed by atoms with Gasteiger partial charge in [-0.1, -0.05) is 107 Å². The minimum absolute atomic E-state index is 0.454. The molecule has 8 aromatic rings. The number of fused-ring (bicyclic) bond motifs is 9. The Kier molecular flexibility index (Phi) is 6.06. The highest BCUT2D eigenvalue weighted by atomic mass is 32.1. The summed E-state index contributed by atoms with van der Waals surface area (Å²) in [5.41, 5.74) is 8.98. The van der Waals surface area contributed by atoms with Crippen LogP contribution in [0.4, 0.5) is 0 Å². The number of nitrogens with zero attached hydrogens (tertiary/aromatic N) is 2. The second kappa shape index (κ2) is 10.00. The zero-order valence-corrected chi connectivity index (χ0v) is 25.7. The first kappa shape index (κ1) is 26.1. The molecule has 0 aliphatic rings. The van der Waals surface area contributed by atoms with Crippen molar-refractivity contribution >= 4 is 64.1 Å². The van der Waals surface area contributed by atoms with E-state index in [1.165, 1.54) is 53.2 Å². The van der Waals surface area contributed by atoms with Crippen LogP contribution in [0, 0.1) is 0 Å². The molecule has 8 rings (SSSR count). The Bertz CT molecular complexity index is 2360. The van der Waals surface area contributed by atoms with Gasteiger partial charge in [0.05, 0.1) is 22.9 Å². The first-order chi connectivity index (χ1) is 20.9. The highest BCUT2D eigenvalue weighted by Crippen LogP contribution is 2.39. The Morgan fingerprint density at radius 1 is 0.488 bits per heavy atom. The normalized spacial score (nSPS) is 12.1. The zero-order chi connectivity index (χ0) is 29.2. The highest BCUT2D eigenvalue weighted by Gasteiger charge is 2.16. The number of benzene rings is 6. The smallest absolute Gasteiger partial charge is 0.0979 e. The van der Waals surface area contributed by atoms with Crippen LogP contribution >= 0.6 is 11.3 Å². The lowest BCUT2D eigenvalue weighted by Gasteiger charge is -2.15. The Hall–Kier alpha value is -4.60. The molecule has 0 aliphatic carbocycles. The maximum Gasteiger partial charge on any atom is 0.0979 e. The van der Waals surface area contributed by atoms with Crippen molar-refractivity contribution in [3.8, 4) is 22.4 Å². The third kappa shape index (κ3) is 4.30. The molecular formula is C40H32N2S. The lowest BCUT2D eigenvalue weighted by atomic mass is 9.92. The van der Waals surface area contributed by atoms with Gasteiger partial charge < -0.3 is 0 Å². The molecule has 0 amide bonds. The summed E-state index contributed by atoms with van der Waals surface area (Å²) < 4.78 is 2.65. The molecule has 0 atom stereocenters. The molecule has 0 radical (unpaired) electrons. The van der Waals surface area contributed by atoms with Gasteiger partial charge in [-0.05, 0) is 69.1 Å². The van der Waals surface area contributed by atoms with Crippen LogP contribution in [0.2, 0.25) is 0 Å². The lowest BCUT2D eigenvalue weighted by Crippen LogP contribution is -1.95. The minimum atomic E-state index is 0.454. The molecule has 0 N–H and O–H groups in total. The van der Waals surface area contributed by atoms with Crippen LogP contribution in [-0.4, -0.2) is 9.97 Å². The molecule has 43 heavy (non-hydrogen) atoms. The fourth-order valence-electron chi connectivity index (χ4n) is 6.38. The van der Waals surface area contributed by atoms with E-state index < -0.39 is 0 Å².